The van der Waals surface area contributed by atoms with Gasteiger partial charge in [-0.15, -0.1) is 6.58 Å². The Morgan fingerprint density at radius 2 is 2.00 bits per heavy atom. The van der Waals surface area contributed by atoms with Crippen molar-refractivity contribution in [2.45, 2.75) is 17.4 Å². The number of nitrogens with zero attached hydrogens (tertiary/aromatic N) is 1. The van der Waals surface area contributed by atoms with E-state index in [2.05, 4.69) is 6.58 Å². The standard InChI is InChI=1S/C20H18ClNO6S/c1-2-11-22(14-6-4-3-5-7-14)29(25,26)15-8-9-17(21)16(13-15)19(23)28-18-10-12-27-20(18)24/h2-9,13,18H,1,10-12H2/t18-/m0/s1. The first-order valence-corrected chi connectivity index (χ1v) is 10.5. The van der Waals surface area contributed by atoms with Gasteiger partial charge in [0.2, 0.25) is 6.10 Å². The summed E-state index contributed by atoms with van der Waals surface area (Å²) in [5.41, 5.74) is 0.291. The van der Waals surface area contributed by atoms with Crippen LogP contribution in [-0.4, -0.2) is 39.6 Å². The Labute approximate surface area is 173 Å². The Morgan fingerprint density at radius 1 is 1.28 bits per heavy atom. The van der Waals surface area contributed by atoms with Gasteiger partial charge < -0.3 is 9.47 Å². The van der Waals surface area contributed by atoms with Gasteiger partial charge in [-0.3, -0.25) is 4.31 Å². The van der Waals surface area contributed by atoms with Crippen molar-refractivity contribution in [1.82, 2.24) is 0 Å². The molecule has 0 radical (unpaired) electrons. The maximum atomic E-state index is 13.2. The Balaban J connectivity index is 1.95. The first-order chi connectivity index (χ1) is 13.8. The van der Waals surface area contributed by atoms with E-state index in [4.69, 9.17) is 21.1 Å². The summed E-state index contributed by atoms with van der Waals surface area (Å²) in [6.07, 6.45) is 0.670. The van der Waals surface area contributed by atoms with Crippen molar-refractivity contribution in [3.05, 3.63) is 71.8 Å². The lowest BCUT2D eigenvalue weighted by Crippen LogP contribution is -2.31. The molecule has 0 saturated carbocycles. The van der Waals surface area contributed by atoms with E-state index in [9.17, 15) is 18.0 Å². The van der Waals surface area contributed by atoms with Crippen LogP contribution in [0.2, 0.25) is 5.02 Å². The molecular formula is C20H18ClNO6S. The molecular weight excluding hydrogens is 418 g/mol. The molecule has 152 valence electrons. The van der Waals surface area contributed by atoms with E-state index in [1.54, 1.807) is 30.3 Å². The van der Waals surface area contributed by atoms with Crippen LogP contribution >= 0.6 is 11.6 Å². The summed E-state index contributed by atoms with van der Waals surface area (Å²) >= 11 is 6.08. The number of rotatable bonds is 7. The number of hydrogen-bond donors (Lipinski definition) is 0. The van der Waals surface area contributed by atoms with Gasteiger partial charge in [-0.05, 0) is 30.3 Å². The number of cyclic esters (lactones) is 1. The Bertz CT molecular complexity index is 1040. The molecule has 0 aliphatic carbocycles. The summed E-state index contributed by atoms with van der Waals surface area (Å²) in [6.45, 7) is 3.80. The van der Waals surface area contributed by atoms with Crippen molar-refractivity contribution in [1.29, 1.82) is 0 Å². The van der Waals surface area contributed by atoms with Crippen molar-refractivity contribution in [2.24, 2.45) is 0 Å². The number of halogens is 1. The predicted molar refractivity (Wildman–Crippen MR) is 107 cm³/mol. The molecule has 1 heterocycles. The molecule has 3 rings (SSSR count). The number of carbonyl (C=O) groups excluding carboxylic acids is 2. The summed E-state index contributed by atoms with van der Waals surface area (Å²) in [4.78, 5) is 23.9. The second-order valence-electron chi connectivity index (χ2n) is 6.15. The number of para-hydroxylation sites is 1. The Morgan fingerprint density at radius 3 is 2.62 bits per heavy atom. The average molecular weight is 436 g/mol. The molecule has 29 heavy (non-hydrogen) atoms. The van der Waals surface area contributed by atoms with Crippen molar-refractivity contribution < 1.29 is 27.5 Å². The van der Waals surface area contributed by atoms with Crippen molar-refractivity contribution >= 4 is 39.3 Å². The third kappa shape index (κ3) is 4.44. The highest BCUT2D eigenvalue weighted by atomic mass is 35.5. The fraction of sp³-hybridized carbons (Fsp3) is 0.200. The number of benzene rings is 2. The monoisotopic (exact) mass is 435 g/mol. The summed E-state index contributed by atoms with van der Waals surface area (Å²) in [5.74, 6) is -1.54. The lowest BCUT2D eigenvalue weighted by molar-refractivity contribution is -0.145. The molecule has 0 bridgehead atoms. The van der Waals surface area contributed by atoms with E-state index in [1.807, 2.05) is 0 Å². The van der Waals surface area contributed by atoms with Gasteiger partial charge >= 0.3 is 11.9 Å². The molecule has 0 amide bonds. The third-order valence-electron chi connectivity index (χ3n) is 4.22. The number of sulfonamides is 1. The minimum atomic E-state index is -4.02. The highest BCUT2D eigenvalue weighted by Crippen LogP contribution is 2.27. The number of ether oxygens (including phenoxy) is 2. The Hall–Kier alpha value is -2.84. The molecule has 0 aromatic heterocycles. The predicted octanol–water partition coefficient (Wildman–Crippen LogP) is 3.19. The number of carbonyl (C=O) groups is 2. The number of anilines is 1. The van der Waals surface area contributed by atoms with Crippen molar-refractivity contribution in [3.8, 4) is 0 Å². The molecule has 0 unspecified atom stereocenters. The minimum Gasteiger partial charge on any atom is -0.463 e. The molecule has 2 aromatic carbocycles. The molecule has 1 atom stereocenters. The summed E-state index contributed by atoms with van der Waals surface area (Å²) in [6, 6.07) is 12.2. The van der Waals surface area contributed by atoms with Crippen LogP contribution in [0.5, 0.6) is 0 Å². The van der Waals surface area contributed by atoms with Crippen LogP contribution in [0.1, 0.15) is 16.8 Å². The van der Waals surface area contributed by atoms with Crippen molar-refractivity contribution in [2.75, 3.05) is 17.5 Å². The van der Waals surface area contributed by atoms with Crippen molar-refractivity contribution in [3.63, 3.8) is 0 Å². The highest BCUT2D eigenvalue weighted by molar-refractivity contribution is 7.92. The SMILES string of the molecule is C=CCN(c1ccccc1)S(=O)(=O)c1ccc(Cl)c(C(=O)O[C@H]2CCOC2=O)c1. The van der Waals surface area contributed by atoms with Gasteiger partial charge in [0.15, 0.2) is 0 Å². The molecule has 2 aromatic rings. The molecule has 1 fully saturated rings. The fourth-order valence-corrected chi connectivity index (χ4v) is 4.44. The van der Waals surface area contributed by atoms with E-state index in [1.165, 1.54) is 18.2 Å². The lowest BCUT2D eigenvalue weighted by Gasteiger charge is -2.23. The van der Waals surface area contributed by atoms with Gasteiger partial charge in [0, 0.05) is 6.42 Å². The molecule has 9 heteroatoms. The first kappa shape index (κ1) is 20.9. The molecule has 1 saturated heterocycles. The fourth-order valence-electron chi connectivity index (χ4n) is 2.78. The topological polar surface area (TPSA) is 90.0 Å². The molecule has 0 spiro atoms. The van der Waals surface area contributed by atoms with E-state index < -0.39 is 28.1 Å². The van der Waals surface area contributed by atoms with E-state index >= 15 is 0 Å². The number of esters is 2. The van der Waals surface area contributed by atoms with Gasteiger partial charge in [-0.2, -0.15) is 0 Å². The van der Waals surface area contributed by atoms with Gasteiger partial charge in [0.25, 0.3) is 10.0 Å². The van der Waals surface area contributed by atoms with Crippen LogP contribution in [0.25, 0.3) is 0 Å². The zero-order chi connectivity index (χ0) is 21.0. The normalized spacial score (nSPS) is 16.2. The van der Waals surface area contributed by atoms with Crippen LogP contribution in [0, 0.1) is 0 Å². The van der Waals surface area contributed by atoms with E-state index in [-0.39, 0.29) is 35.1 Å². The second-order valence-corrected chi connectivity index (χ2v) is 8.42. The molecule has 1 aliphatic heterocycles. The van der Waals surface area contributed by atoms with Crippen LogP contribution in [-0.2, 0) is 24.3 Å². The third-order valence-corrected chi connectivity index (χ3v) is 6.34. The maximum absolute atomic E-state index is 13.2. The van der Waals surface area contributed by atoms with Crippen LogP contribution in [0.4, 0.5) is 5.69 Å². The summed E-state index contributed by atoms with van der Waals surface area (Å²) in [7, 11) is -4.02. The minimum absolute atomic E-state index is 0.00953. The molecule has 7 nitrogen and oxygen atoms in total. The van der Waals surface area contributed by atoms with Crippen LogP contribution in [0.15, 0.2) is 66.1 Å². The maximum Gasteiger partial charge on any atom is 0.347 e. The smallest absolute Gasteiger partial charge is 0.347 e. The Kier molecular flexibility index (Phi) is 6.24. The second kappa shape index (κ2) is 8.67. The molecule has 1 aliphatic rings. The summed E-state index contributed by atoms with van der Waals surface area (Å²) < 4.78 is 37.5. The zero-order valence-corrected chi connectivity index (χ0v) is 16.9. The summed E-state index contributed by atoms with van der Waals surface area (Å²) in [5, 5.41) is 0.00953. The first-order valence-electron chi connectivity index (χ1n) is 8.70. The average Bonchev–Trinajstić information content (AvgIpc) is 3.11. The largest absolute Gasteiger partial charge is 0.463 e. The van der Waals surface area contributed by atoms with Crippen LogP contribution in [0.3, 0.4) is 0 Å². The van der Waals surface area contributed by atoms with E-state index in [0.717, 1.165) is 10.4 Å². The van der Waals surface area contributed by atoms with Gasteiger partial charge in [-0.25, -0.2) is 18.0 Å². The number of hydrogen-bond acceptors (Lipinski definition) is 6. The van der Waals surface area contributed by atoms with E-state index in [0.29, 0.717) is 5.69 Å². The zero-order valence-electron chi connectivity index (χ0n) is 15.3. The lowest BCUT2D eigenvalue weighted by atomic mass is 10.2. The molecule has 0 N–H and O–H groups in total. The van der Waals surface area contributed by atoms with Gasteiger partial charge in [0.05, 0.1) is 34.3 Å². The van der Waals surface area contributed by atoms with Crippen LogP contribution < -0.4 is 4.31 Å². The van der Waals surface area contributed by atoms with Gasteiger partial charge in [0.1, 0.15) is 0 Å². The highest BCUT2D eigenvalue weighted by Gasteiger charge is 2.32. The quantitative estimate of drug-likeness (QED) is 0.490. The van der Waals surface area contributed by atoms with Gasteiger partial charge in [-0.1, -0.05) is 35.9 Å².